The average Bonchev–Trinajstić information content (AvgIpc) is 2.98. The average molecular weight is 409 g/mol. The molecule has 4 rings (SSSR count). The Morgan fingerprint density at radius 1 is 1.14 bits per heavy atom. The van der Waals surface area contributed by atoms with Crippen LogP contribution in [0.5, 0.6) is 0 Å². The van der Waals surface area contributed by atoms with Crippen LogP contribution in [-0.4, -0.2) is 29.5 Å². The molecule has 0 bridgehead atoms. The predicted octanol–water partition coefficient (Wildman–Crippen LogP) is 4.56. The van der Waals surface area contributed by atoms with Crippen molar-refractivity contribution < 1.29 is 19.1 Å². The van der Waals surface area contributed by atoms with E-state index in [0.717, 1.165) is 38.5 Å². The maximum absolute atomic E-state index is 12.4. The van der Waals surface area contributed by atoms with E-state index in [2.05, 4.69) is 13.8 Å². The standard InChI is InChI=1S/C23H33ClO4/c1-13(25)17-6-7-18-16-5-4-14-10-15(26)8-9-22(14,2)21(16)19(11-23(17,18)3)28-20(27)12-24/h14,16-19,21H,4-12H2,1-3H3/t14?,16-,17+,18-,19?,21+,22-,23+/m0/s1. The number of carbonyl (C=O) groups is 3. The van der Waals surface area contributed by atoms with Gasteiger partial charge in [0.25, 0.3) is 0 Å². The van der Waals surface area contributed by atoms with E-state index in [1.54, 1.807) is 6.92 Å². The van der Waals surface area contributed by atoms with Crippen LogP contribution in [0.4, 0.5) is 0 Å². The highest BCUT2D eigenvalue weighted by molar-refractivity contribution is 6.26. The van der Waals surface area contributed by atoms with Crippen LogP contribution in [0.25, 0.3) is 0 Å². The van der Waals surface area contributed by atoms with E-state index in [-0.39, 0.29) is 46.4 Å². The highest BCUT2D eigenvalue weighted by atomic mass is 35.5. The number of alkyl halides is 1. The molecular formula is C23H33ClO4. The van der Waals surface area contributed by atoms with E-state index in [4.69, 9.17) is 16.3 Å². The monoisotopic (exact) mass is 408 g/mol. The zero-order valence-electron chi connectivity index (χ0n) is 17.3. The summed E-state index contributed by atoms with van der Waals surface area (Å²) in [5.74, 6) is 1.86. The highest BCUT2D eigenvalue weighted by Gasteiger charge is 2.64. The molecule has 2 unspecified atom stereocenters. The second kappa shape index (κ2) is 7.11. The van der Waals surface area contributed by atoms with E-state index in [1.807, 2.05) is 0 Å². The molecule has 8 atom stereocenters. The molecule has 4 saturated carbocycles. The third kappa shape index (κ3) is 2.97. The quantitative estimate of drug-likeness (QED) is 0.507. The predicted molar refractivity (Wildman–Crippen MR) is 107 cm³/mol. The first-order chi connectivity index (χ1) is 13.2. The normalized spacial score (nSPS) is 47.6. The Morgan fingerprint density at radius 2 is 1.89 bits per heavy atom. The lowest BCUT2D eigenvalue weighted by Crippen LogP contribution is -2.60. The Hall–Kier alpha value is -0.900. The van der Waals surface area contributed by atoms with Crippen LogP contribution in [0.2, 0.25) is 0 Å². The third-order valence-corrected chi connectivity index (χ3v) is 9.49. The van der Waals surface area contributed by atoms with E-state index in [9.17, 15) is 14.4 Å². The van der Waals surface area contributed by atoms with Gasteiger partial charge in [-0.2, -0.15) is 0 Å². The summed E-state index contributed by atoms with van der Waals surface area (Å²) in [5.41, 5.74) is -0.0678. The van der Waals surface area contributed by atoms with Gasteiger partial charge in [0, 0.05) is 24.7 Å². The largest absolute Gasteiger partial charge is 0.461 e. The summed E-state index contributed by atoms with van der Waals surface area (Å²) in [5, 5.41) is 0. The van der Waals surface area contributed by atoms with Crippen LogP contribution in [0, 0.1) is 40.4 Å². The van der Waals surface area contributed by atoms with Gasteiger partial charge in [-0.05, 0) is 74.0 Å². The Kier molecular flexibility index (Phi) is 5.17. The summed E-state index contributed by atoms with van der Waals surface area (Å²) in [7, 11) is 0. The maximum atomic E-state index is 12.4. The number of rotatable bonds is 3. The first-order valence-electron chi connectivity index (χ1n) is 11.0. The van der Waals surface area contributed by atoms with Crippen molar-refractivity contribution in [3.63, 3.8) is 0 Å². The van der Waals surface area contributed by atoms with Gasteiger partial charge in [-0.1, -0.05) is 13.8 Å². The molecule has 0 spiro atoms. The maximum Gasteiger partial charge on any atom is 0.321 e. The first kappa shape index (κ1) is 20.4. The summed E-state index contributed by atoms with van der Waals surface area (Å²) in [6, 6.07) is 0. The molecule has 4 fully saturated rings. The van der Waals surface area contributed by atoms with Gasteiger partial charge < -0.3 is 4.74 Å². The molecule has 0 heterocycles. The summed E-state index contributed by atoms with van der Waals surface area (Å²) in [4.78, 5) is 36.8. The molecule has 156 valence electrons. The van der Waals surface area contributed by atoms with Crippen molar-refractivity contribution >= 4 is 29.1 Å². The van der Waals surface area contributed by atoms with Crippen molar-refractivity contribution in [3.8, 4) is 0 Å². The molecule has 0 amide bonds. The second-order valence-electron chi connectivity index (χ2n) is 10.4. The fourth-order valence-corrected chi connectivity index (χ4v) is 8.17. The van der Waals surface area contributed by atoms with Gasteiger partial charge >= 0.3 is 5.97 Å². The first-order valence-corrected chi connectivity index (χ1v) is 11.5. The number of hydrogen-bond acceptors (Lipinski definition) is 4. The number of halogens is 1. The van der Waals surface area contributed by atoms with Crippen molar-refractivity contribution in [1.82, 2.24) is 0 Å². The van der Waals surface area contributed by atoms with Gasteiger partial charge in [0.2, 0.25) is 0 Å². The van der Waals surface area contributed by atoms with Crippen molar-refractivity contribution in [2.24, 2.45) is 40.4 Å². The van der Waals surface area contributed by atoms with Gasteiger partial charge in [-0.15, -0.1) is 11.6 Å². The van der Waals surface area contributed by atoms with Crippen LogP contribution in [0.15, 0.2) is 0 Å². The molecule has 0 radical (unpaired) electrons. The summed E-state index contributed by atoms with van der Waals surface area (Å²) in [6.07, 6.45) is 6.98. The lowest BCUT2D eigenvalue weighted by atomic mass is 9.44. The summed E-state index contributed by atoms with van der Waals surface area (Å²) < 4.78 is 5.99. The SMILES string of the molecule is CC(=O)[C@H]1CC[C@H]2[C@@H]3CCC4CC(=O)CC[C@]4(C)[C@H]3C(OC(=O)CCl)C[C@]12C. The minimum absolute atomic E-state index is 0.0315. The topological polar surface area (TPSA) is 60.4 Å². The molecule has 0 saturated heterocycles. The number of ether oxygens (including phenoxy) is 1. The number of esters is 1. The van der Waals surface area contributed by atoms with Gasteiger partial charge in [-0.3, -0.25) is 14.4 Å². The van der Waals surface area contributed by atoms with E-state index in [0.29, 0.717) is 36.4 Å². The van der Waals surface area contributed by atoms with Crippen LogP contribution < -0.4 is 0 Å². The number of Topliss-reactive ketones (excluding diaryl/α,β-unsaturated/α-hetero) is 2. The van der Waals surface area contributed by atoms with Crippen LogP contribution in [-0.2, 0) is 19.1 Å². The fraction of sp³-hybridized carbons (Fsp3) is 0.870. The Balaban J connectivity index is 1.73. The number of carbonyl (C=O) groups excluding carboxylic acids is 3. The van der Waals surface area contributed by atoms with Crippen LogP contribution in [0.3, 0.4) is 0 Å². The number of ketones is 2. The van der Waals surface area contributed by atoms with Crippen molar-refractivity contribution in [2.45, 2.75) is 78.2 Å². The zero-order valence-corrected chi connectivity index (χ0v) is 18.1. The smallest absolute Gasteiger partial charge is 0.321 e. The van der Waals surface area contributed by atoms with Crippen molar-refractivity contribution in [2.75, 3.05) is 5.88 Å². The minimum atomic E-state index is -0.359. The molecule has 0 aromatic heterocycles. The van der Waals surface area contributed by atoms with Gasteiger partial charge in [-0.25, -0.2) is 0 Å². The third-order valence-electron chi connectivity index (χ3n) is 9.27. The molecule has 4 nitrogen and oxygen atoms in total. The van der Waals surface area contributed by atoms with Crippen molar-refractivity contribution in [3.05, 3.63) is 0 Å². The second-order valence-corrected chi connectivity index (χ2v) is 10.7. The lowest BCUT2D eigenvalue weighted by molar-refractivity contribution is -0.193. The summed E-state index contributed by atoms with van der Waals surface area (Å²) in [6.45, 7) is 6.31. The number of hydrogen-bond donors (Lipinski definition) is 0. The highest BCUT2D eigenvalue weighted by Crippen LogP contribution is 2.67. The Labute approximate surface area is 173 Å². The molecule has 0 aromatic rings. The van der Waals surface area contributed by atoms with Crippen LogP contribution in [0.1, 0.15) is 72.1 Å². The molecule has 4 aliphatic rings. The zero-order chi connectivity index (χ0) is 20.3. The molecule has 5 heteroatoms. The van der Waals surface area contributed by atoms with Crippen LogP contribution >= 0.6 is 11.6 Å². The van der Waals surface area contributed by atoms with Gasteiger partial charge in [0.05, 0.1) is 0 Å². The lowest BCUT2D eigenvalue weighted by Gasteiger charge is -2.62. The summed E-state index contributed by atoms with van der Waals surface area (Å²) >= 11 is 5.79. The molecule has 28 heavy (non-hydrogen) atoms. The van der Waals surface area contributed by atoms with E-state index in [1.165, 1.54) is 0 Å². The van der Waals surface area contributed by atoms with Crippen molar-refractivity contribution in [1.29, 1.82) is 0 Å². The van der Waals surface area contributed by atoms with Gasteiger partial charge in [0.15, 0.2) is 0 Å². The molecule has 0 N–H and O–H groups in total. The molecule has 0 aliphatic heterocycles. The fourth-order valence-electron chi connectivity index (χ4n) is 8.11. The molecule has 4 aliphatic carbocycles. The van der Waals surface area contributed by atoms with E-state index < -0.39 is 0 Å². The molecular weight excluding hydrogens is 376 g/mol. The Morgan fingerprint density at radius 3 is 2.57 bits per heavy atom. The number of fused-ring (bicyclic) bond motifs is 5. The Bertz CT molecular complexity index is 690. The molecule has 0 aromatic carbocycles. The minimum Gasteiger partial charge on any atom is -0.461 e. The van der Waals surface area contributed by atoms with E-state index >= 15 is 0 Å². The van der Waals surface area contributed by atoms with Gasteiger partial charge in [0.1, 0.15) is 23.6 Å².